The molecule has 0 amide bonds. The van der Waals surface area contributed by atoms with Gasteiger partial charge in [0.05, 0.1) is 0 Å². The molecule has 65 heavy (non-hydrogen) atoms. The molecule has 2 aliphatic carbocycles. The summed E-state index contributed by atoms with van der Waals surface area (Å²) in [7, 11) is 0. The number of hydrogen-bond acceptors (Lipinski definition) is 0. The SMILES string of the molecule is C.c1cc2c3c(cccc3c1)-c1c-2cc2c(ccc3c4cc5c(c(-c6cccc7[se]c8ccccc8c67)c4ccc23)-c2cccc3cccc-5c23)c1-c1cccc2[se]c3ccccc3c12. The Balaban J connectivity index is 0.00000390. The Kier molecular flexibility index (Phi) is 7.29. The molecule has 0 saturated heterocycles. The molecule has 0 unspecified atom stereocenters. The van der Waals surface area contributed by atoms with Crippen molar-refractivity contribution in [3.05, 3.63) is 194 Å². The van der Waals surface area contributed by atoms with E-state index in [1.807, 2.05) is 0 Å². The first-order valence-electron chi connectivity index (χ1n) is 22.2. The molecule has 2 aromatic heterocycles. The first kappa shape index (κ1) is 36.3. The second kappa shape index (κ2) is 13.0. The summed E-state index contributed by atoms with van der Waals surface area (Å²) in [5.74, 6) is 0. The molecule has 16 rings (SSSR count). The van der Waals surface area contributed by atoms with E-state index in [2.05, 4.69) is 194 Å². The predicted octanol–water partition coefficient (Wildman–Crippen LogP) is 17.4. The molecule has 0 radical (unpaired) electrons. The predicted molar refractivity (Wildman–Crippen MR) is 284 cm³/mol. The van der Waals surface area contributed by atoms with Crippen LogP contribution in [0.5, 0.6) is 0 Å². The van der Waals surface area contributed by atoms with Gasteiger partial charge in [0.2, 0.25) is 0 Å². The molecule has 2 heterocycles. The Hall–Kier alpha value is -7.02. The number of benzene rings is 12. The molecule has 2 heteroatoms. The van der Waals surface area contributed by atoms with E-state index < -0.39 is 0 Å². The topological polar surface area (TPSA) is 0 Å². The first-order valence-corrected chi connectivity index (χ1v) is 25.6. The molecule has 0 fully saturated rings. The summed E-state index contributed by atoms with van der Waals surface area (Å²) in [5.41, 5.74) is 16.2. The summed E-state index contributed by atoms with van der Waals surface area (Å²) in [6.45, 7) is 0. The van der Waals surface area contributed by atoms with Gasteiger partial charge in [0.15, 0.2) is 0 Å². The van der Waals surface area contributed by atoms with Crippen LogP contribution >= 0.6 is 0 Å². The molecular formula is C63H36Se2. The fraction of sp³-hybridized carbons (Fsp3) is 0.0159. The Morgan fingerprint density at radius 3 is 1.02 bits per heavy atom. The maximum absolute atomic E-state index is 2.55. The van der Waals surface area contributed by atoms with Crippen LogP contribution in [0.4, 0.5) is 0 Å². The molecule has 0 bridgehead atoms. The van der Waals surface area contributed by atoms with Gasteiger partial charge in [-0.3, -0.25) is 0 Å². The minimum absolute atomic E-state index is 0. The molecule has 0 atom stereocenters. The van der Waals surface area contributed by atoms with Gasteiger partial charge in [-0.25, -0.2) is 0 Å². The van der Waals surface area contributed by atoms with E-state index in [0.29, 0.717) is 0 Å². The quantitative estimate of drug-likeness (QED) is 0.120. The summed E-state index contributed by atoms with van der Waals surface area (Å²) in [6, 6.07) is 75.0. The van der Waals surface area contributed by atoms with Crippen molar-refractivity contribution in [2.45, 2.75) is 7.43 Å². The third-order valence-corrected chi connectivity index (χ3v) is 19.5. The molecule has 0 spiro atoms. The number of fused-ring (bicyclic) bond motifs is 17. The third kappa shape index (κ3) is 4.62. The van der Waals surface area contributed by atoms with Crippen LogP contribution in [-0.2, 0) is 0 Å². The van der Waals surface area contributed by atoms with E-state index in [9.17, 15) is 0 Å². The van der Waals surface area contributed by atoms with Crippen molar-refractivity contribution in [2.24, 2.45) is 0 Å². The van der Waals surface area contributed by atoms with Gasteiger partial charge >= 0.3 is 382 Å². The van der Waals surface area contributed by atoms with Crippen molar-refractivity contribution >= 4 is 121 Å². The monoisotopic (exact) mass is 952 g/mol. The van der Waals surface area contributed by atoms with Crippen LogP contribution in [0.15, 0.2) is 194 Å². The van der Waals surface area contributed by atoms with Crippen molar-refractivity contribution < 1.29 is 0 Å². The minimum atomic E-state index is 0. The van der Waals surface area contributed by atoms with E-state index >= 15 is 0 Å². The molecule has 2 aliphatic rings. The molecule has 0 N–H and O–H groups in total. The Labute approximate surface area is 387 Å². The van der Waals surface area contributed by atoms with Gasteiger partial charge < -0.3 is 0 Å². The molecular weight excluding hydrogens is 915 g/mol. The zero-order valence-corrected chi connectivity index (χ0v) is 37.7. The van der Waals surface area contributed by atoms with E-state index in [1.165, 1.54) is 159 Å². The van der Waals surface area contributed by atoms with Crippen molar-refractivity contribution in [2.75, 3.05) is 0 Å². The van der Waals surface area contributed by atoms with Crippen molar-refractivity contribution in [3.8, 4) is 66.8 Å². The normalized spacial score (nSPS) is 12.5. The second-order valence-corrected chi connectivity index (χ2v) is 22.3. The fourth-order valence-corrected chi connectivity index (χ4v) is 17.0. The van der Waals surface area contributed by atoms with Gasteiger partial charge in [-0.1, -0.05) is 7.43 Å². The standard InChI is InChI=1S/C62H32Se2.CH4/c1-3-23-51-41(15-1)57-45(21-9-25-53(57)63-51)59-39-29-27-36-35(47(39)31-49-37-17-5-11-33-13-7-19-43(55(33)37)61(49)59)28-30-40-48(36)32-50-38-18-6-12-34-14-8-20-44(56(34)38)62(50)60(40)46-22-10-26-54-58(46)42-16-2-4-24-52(42)64-54;/h1-32H;1H4. The van der Waals surface area contributed by atoms with Crippen LogP contribution in [0.2, 0.25) is 0 Å². The zero-order valence-electron chi connectivity index (χ0n) is 34.3. The first-order chi connectivity index (χ1) is 31.8. The Bertz CT molecular complexity index is 4180. The molecule has 14 aromatic rings. The molecule has 12 aromatic carbocycles. The van der Waals surface area contributed by atoms with Gasteiger partial charge in [0.25, 0.3) is 0 Å². The van der Waals surface area contributed by atoms with Crippen LogP contribution in [0.1, 0.15) is 7.43 Å². The second-order valence-electron chi connectivity index (χ2n) is 17.7. The number of rotatable bonds is 2. The van der Waals surface area contributed by atoms with Crippen LogP contribution in [0.3, 0.4) is 0 Å². The van der Waals surface area contributed by atoms with Crippen LogP contribution < -0.4 is 0 Å². The summed E-state index contributed by atoms with van der Waals surface area (Å²) in [5, 5.41) is 18.9. The third-order valence-electron chi connectivity index (χ3n) is 14.7. The maximum atomic E-state index is 2.55. The average Bonchev–Trinajstić information content (AvgIpc) is 4.10. The van der Waals surface area contributed by atoms with Crippen LogP contribution in [-0.4, -0.2) is 29.0 Å². The van der Waals surface area contributed by atoms with Crippen LogP contribution in [0, 0.1) is 0 Å². The van der Waals surface area contributed by atoms with E-state index in [4.69, 9.17) is 0 Å². The summed E-state index contributed by atoms with van der Waals surface area (Å²) >= 11 is 0.544. The van der Waals surface area contributed by atoms with Crippen LogP contribution in [0.25, 0.3) is 159 Å². The van der Waals surface area contributed by atoms with Gasteiger partial charge in [-0.05, 0) is 0 Å². The fourth-order valence-electron chi connectivity index (χ4n) is 12.2. The van der Waals surface area contributed by atoms with E-state index in [-0.39, 0.29) is 36.4 Å². The molecule has 0 saturated carbocycles. The van der Waals surface area contributed by atoms with Gasteiger partial charge in [-0.2, -0.15) is 0 Å². The Morgan fingerprint density at radius 1 is 0.215 bits per heavy atom. The molecule has 300 valence electrons. The van der Waals surface area contributed by atoms with Crippen molar-refractivity contribution in [3.63, 3.8) is 0 Å². The van der Waals surface area contributed by atoms with Crippen molar-refractivity contribution in [1.29, 1.82) is 0 Å². The van der Waals surface area contributed by atoms with E-state index in [0.717, 1.165) is 0 Å². The Morgan fingerprint density at radius 2 is 0.569 bits per heavy atom. The summed E-state index contributed by atoms with van der Waals surface area (Å²) < 4.78 is 5.91. The average molecular weight is 951 g/mol. The van der Waals surface area contributed by atoms with Gasteiger partial charge in [0, 0.05) is 0 Å². The summed E-state index contributed by atoms with van der Waals surface area (Å²) in [6.07, 6.45) is 0. The van der Waals surface area contributed by atoms with Gasteiger partial charge in [-0.15, -0.1) is 0 Å². The zero-order chi connectivity index (χ0) is 41.4. The molecule has 0 aliphatic heterocycles. The molecule has 0 nitrogen and oxygen atoms in total. The number of hydrogen-bond donors (Lipinski definition) is 0. The van der Waals surface area contributed by atoms with E-state index in [1.54, 1.807) is 0 Å². The van der Waals surface area contributed by atoms with Gasteiger partial charge in [0.1, 0.15) is 0 Å². The summed E-state index contributed by atoms with van der Waals surface area (Å²) in [4.78, 5) is 0. The van der Waals surface area contributed by atoms with Crippen molar-refractivity contribution in [1.82, 2.24) is 0 Å².